The number of rotatable bonds is 5. The van der Waals surface area contributed by atoms with Crippen LogP contribution in [0.5, 0.6) is 5.75 Å². The summed E-state index contributed by atoms with van der Waals surface area (Å²) < 4.78 is 5.26. The van der Waals surface area contributed by atoms with Gasteiger partial charge in [0.25, 0.3) is 0 Å². The minimum Gasteiger partial charge on any atom is -0.546 e. The molecule has 1 heterocycles. The number of nitrogens with zero attached hydrogens (tertiary/aromatic N) is 3. The van der Waals surface area contributed by atoms with E-state index in [0.29, 0.717) is 16.6 Å². The zero-order valence-electron chi connectivity index (χ0n) is 14.6. The van der Waals surface area contributed by atoms with Crippen LogP contribution < -0.4 is 44.3 Å². The maximum absolute atomic E-state index is 10.7. The molecular weight excluding hydrogens is 365 g/mol. The Morgan fingerprint density at radius 1 is 1.19 bits per heavy atom. The maximum Gasteiger partial charge on any atom is 1.00 e. The van der Waals surface area contributed by atoms with Crippen molar-refractivity contribution in [3.8, 4) is 5.75 Å². The van der Waals surface area contributed by atoms with Crippen LogP contribution in [-0.2, 0) is 4.79 Å². The molecule has 26 heavy (non-hydrogen) atoms. The van der Waals surface area contributed by atoms with Crippen molar-refractivity contribution in [1.82, 2.24) is 9.97 Å². The van der Waals surface area contributed by atoms with Gasteiger partial charge in [0.2, 0.25) is 0 Å². The van der Waals surface area contributed by atoms with Crippen LogP contribution in [0.15, 0.2) is 48.7 Å². The second-order valence-electron chi connectivity index (χ2n) is 5.49. The fourth-order valence-corrected chi connectivity index (χ4v) is 2.43. The van der Waals surface area contributed by atoms with Crippen LogP contribution in [0.1, 0.15) is 6.92 Å². The summed E-state index contributed by atoms with van der Waals surface area (Å²) >= 11 is 5.96. The van der Waals surface area contributed by atoms with Gasteiger partial charge in [0.05, 0.1) is 23.2 Å². The topological polar surface area (TPSA) is 78.4 Å². The van der Waals surface area contributed by atoms with Gasteiger partial charge in [-0.3, -0.25) is 4.98 Å². The monoisotopic (exact) mass is 379 g/mol. The van der Waals surface area contributed by atoms with Gasteiger partial charge < -0.3 is 19.5 Å². The Hall–Kier alpha value is -1.86. The largest absolute Gasteiger partial charge is 1.00 e. The number of aromatic nitrogens is 2. The number of anilines is 2. The number of carboxylic acid groups (broad SMARTS) is 1. The van der Waals surface area contributed by atoms with Gasteiger partial charge in [-0.2, -0.15) is 0 Å². The van der Waals surface area contributed by atoms with Crippen molar-refractivity contribution in [2.75, 3.05) is 11.9 Å². The summed E-state index contributed by atoms with van der Waals surface area (Å²) in [5.41, 5.74) is 2.33. The number of halogens is 1. The van der Waals surface area contributed by atoms with E-state index in [9.17, 15) is 9.90 Å². The predicted molar refractivity (Wildman–Crippen MR) is 94.2 cm³/mol. The molecule has 0 aliphatic heterocycles. The average molecular weight is 380 g/mol. The zero-order valence-corrected chi connectivity index (χ0v) is 17.4. The van der Waals surface area contributed by atoms with Gasteiger partial charge in [0, 0.05) is 17.8 Å². The summed E-state index contributed by atoms with van der Waals surface area (Å²) in [7, 11) is 1.87. The molecule has 8 heteroatoms. The van der Waals surface area contributed by atoms with Crippen molar-refractivity contribution >= 4 is 40.1 Å². The van der Waals surface area contributed by atoms with Crippen LogP contribution in [0, 0.1) is 0 Å². The summed E-state index contributed by atoms with van der Waals surface area (Å²) in [5, 5.41) is 11.3. The van der Waals surface area contributed by atoms with E-state index in [0.717, 1.165) is 16.7 Å². The first-order valence-electron chi connectivity index (χ1n) is 7.57. The number of aliphatic carboxylic acids is 1. The summed E-state index contributed by atoms with van der Waals surface area (Å²) in [6, 6.07) is 12.4. The molecule has 3 aromatic rings. The van der Waals surface area contributed by atoms with E-state index in [-0.39, 0.29) is 29.6 Å². The van der Waals surface area contributed by atoms with E-state index >= 15 is 0 Å². The Morgan fingerprint density at radius 2 is 1.88 bits per heavy atom. The number of hydrogen-bond acceptors (Lipinski definition) is 6. The number of carboxylic acids is 1. The van der Waals surface area contributed by atoms with E-state index in [1.54, 1.807) is 30.5 Å². The standard InChI is InChI=1S/C18H16ClN3O3.Na/c1-11(18(23)24)25-14-6-4-13(5-7-14)22(2)17-10-20-16-9-12(19)3-8-15(16)21-17;/h3-11H,1-2H3,(H,23,24);/q;+1/p-1. The minimum absolute atomic E-state index is 0. The Balaban J connectivity index is 0.00000243. The molecule has 1 unspecified atom stereocenters. The van der Waals surface area contributed by atoms with E-state index in [1.165, 1.54) is 6.92 Å². The summed E-state index contributed by atoms with van der Waals surface area (Å²) in [6.07, 6.45) is 0.656. The molecule has 0 spiro atoms. The first-order valence-corrected chi connectivity index (χ1v) is 7.95. The van der Waals surface area contributed by atoms with E-state index < -0.39 is 12.1 Å². The summed E-state index contributed by atoms with van der Waals surface area (Å²) in [4.78, 5) is 21.5. The maximum atomic E-state index is 10.7. The first kappa shape index (κ1) is 20.5. The number of fused-ring (bicyclic) bond motifs is 1. The summed E-state index contributed by atoms with van der Waals surface area (Å²) in [5.74, 6) is -0.132. The molecule has 0 aliphatic carbocycles. The van der Waals surface area contributed by atoms with Crippen LogP contribution in [0.25, 0.3) is 11.0 Å². The van der Waals surface area contributed by atoms with Crippen LogP contribution >= 0.6 is 11.6 Å². The number of carbonyl (C=O) groups excluding carboxylic acids is 1. The molecule has 0 aliphatic rings. The third kappa shape index (κ3) is 4.65. The Kier molecular flexibility index (Phi) is 6.83. The molecule has 128 valence electrons. The minimum atomic E-state index is -1.26. The van der Waals surface area contributed by atoms with Gasteiger partial charge in [-0.25, -0.2) is 4.98 Å². The van der Waals surface area contributed by atoms with Crippen molar-refractivity contribution in [3.05, 3.63) is 53.7 Å². The van der Waals surface area contributed by atoms with E-state index in [1.807, 2.05) is 30.1 Å². The molecule has 0 N–H and O–H groups in total. The molecule has 2 aromatic carbocycles. The molecule has 1 atom stereocenters. The molecule has 0 bridgehead atoms. The van der Waals surface area contributed by atoms with Crippen molar-refractivity contribution in [2.45, 2.75) is 13.0 Å². The van der Waals surface area contributed by atoms with E-state index in [2.05, 4.69) is 9.97 Å². The molecule has 0 saturated carbocycles. The van der Waals surface area contributed by atoms with Crippen molar-refractivity contribution < 1.29 is 44.2 Å². The molecule has 0 amide bonds. The van der Waals surface area contributed by atoms with Crippen LogP contribution in [-0.4, -0.2) is 29.1 Å². The Labute approximate surface area is 178 Å². The Morgan fingerprint density at radius 3 is 2.54 bits per heavy atom. The van der Waals surface area contributed by atoms with Crippen LogP contribution in [0.2, 0.25) is 5.02 Å². The second kappa shape index (κ2) is 8.68. The summed E-state index contributed by atoms with van der Waals surface area (Å²) in [6.45, 7) is 1.42. The fraction of sp³-hybridized carbons (Fsp3) is 0.167. The molecule has 1 aromatic heterocycles. The molecule has 6 nitrogen and oxygen atoms in total. The van der Waals surface area contributed by atoms with Crippen molar-refractivity contribution in [2.24, 2.45) is 0 Å². The Bertz CT molecular complexity index is 921. The van der Waals surface area contributed by atoms with Gasteiger partial charge in [0.15, 0.2) is 5.82 Å². The molecule has 0 radical (unpaired) electrons. The number of carbonyl (C=O) groups is 1. The molecule has 0 saturated heterocycles. The van der Waals surface area contributed by atoms with Gasteiger partial charge in [-0.05, 0) is 49.4 Å². The molecular formula is C18H15ClN3NaO3. The van der Waals surface area contributed by atoms with Crippen LogP contribution in [0.4, 0.5) is 11.5 Å². The quantitative estimate of drug-likeness (QED) is 0.560. The average Bonchev–Trinajstić information content (AvgIpc) is 2.61. The third-order valence-corrected chi connectivity index (χ3v) is 3.94. The fourth-order valence-electron chi connectivity index (χ4n) is 2.27. The first-order chi connectivity index (χ1) is 11.9. The van der Waals surface area contributed by atoms with Crippen LogP contribution in [0.3, 0.4) is 0 Å². The van der Waals surface area contributed by atoms with Gasteiger partial charge >= 0.3 is 29.6 Å². The predicted octanol–water partition coefficient (Wildman–Crippen LogP) is -0.428. The second-order valence-corrected chi connectivity index (χ2v) is 5.93. The zero-order chi connectivity index (χ0) is 18.0. The normalized spacial score (nSPS) is 11.5. The van der Waals surface area contributed by atoms with Gasteiger partial charge in [0.1, 0.15) is 11.9 Å². The number of benzene rings is 2. The van der Waals surface area contributed by atoms with Crippen molar-refractivity contribution in [1.29, 1.82) is 0 Å². The SMILES string of the molecule is CC(Oc1ccc(N(C)c2cnc3cc(Cl)ccc3n2)cc1)C(=O)[O-].[Na+]. The number of hydrogen-bond donors (Lipinski definition) is 0. The smallest absolute Gasteiger partial charge is 0.546 e. The van der Waals surface area contributed by atoms with Crippen molar-refractivity contribution in [3.63, 3.8) is 0 Å². The van der Waals surface area contributed by atoms with Gasteiger partial charge in [-0.1, -0.05) is 11.6 Å². The van der Waals surface area contributed by atoms with Gasteiger partial charge in [-0.15, -0.1) is 0 Å². The van der Waals surface area contributed by atoms with E-state index in [4.69, 9.17) is 16.3 Å². The molecule has 0 fully saturated rings. The third-order valence-electron chi connectivity index (χ3n) is 3.70. The molecule has 3 rings (SSSR count). The number of ether oxygens (including phenoxy) is 1.